The van der Waals surface area contributed by atoms with Crippen LogP contribution < -0.4 is 16.0 Å². The second kappa shape index (κ2) is 5.40. The van der Waals surface area contributed by atoms with Crippen LogP contribution in [0.2, 0.25) is 0 Å². The summed E-state index contributed by atoms with van der Waals surface area (Å²) in [6.45, 7) is 0.0959. The van der Waals surface area contributed by atoms with Crippen LogP contribution in [0.15, 0.2) is 35.7 Å². The highest BCUT2D eigenvalue weighted by Gasteiger charge is 2.10. The van der Waals surface area contributed by atoms with Gasteiger partial charge in [0.1, 0.15) is 17.3 Å². The predicted molar refractivity (Wildman–Crippen MR) is 76.0 cm³/mol. The van der Waals surface area contributed by atoms with Crippen molar-refractivity contribution in [3.05, 3.63) is 47.1 Å². The average molecular weight is 290 g/mol. The van der Waals surface area contributed by atoms with E-state index in [2.05, 4.69) is 15.4 Å². The molecule has 0 atom stereocenters. The van der Waals surface area contributed by atoms with Crippen LogP contribution in [0.5, 0.6) is 5.88 Å². The van der Waals surface area contributed by atoms with E-state index in [4.69, 9.17) is 10.6 Å². The molecule has 20 heavy (non-hydrogen) atoms. The molecule has 0 aliphatic carbocycles. The Kier molecular flexibility index (Phi) is 3.44. The van der Waals surface area contributed by atoms with Crippen LogP contribution >= 0.6 is 11.3 Å². The summed E-state index contributed by atoms with van der Waals surface area (Å²) in [6.07, 6.45) is 0. The van der Waals surface area contributed by atoms with E-state index >= 15 is 0 Å². The number of anilines is 1. The number of nitrogens with one attached hydrogen (secondary N) is 1. The zero-order chi connectivity index (χ0) is 13.9. The fourth-order valence-electron chi connectivity index (χ4n) is 1.76. The molecule has 3 rings (SSSR count). The lowest BCUT2D eigenvalue weighted by Gasteiger charge is -2.08. The molecule has 0 saturated heterocycles. The lowest BCUT2D eigenvalue weighted by atomic mass is 10.2. The van der Waals surface area contributed by atoms with Gasteiger partial charge in [-0.25, -0.2) is 15.2 Å². The Bertz CT molecular complexity index is 746. The molecular weight excluding hydrogens is 279 g/mol. The number of ether oxygens (including phenoxy) is 1. The van der Waals surface area contributed by atoms with Crippen molar-refractivity contribution in [1.29, 1.82) is 0 Å². The summed E-state index contributed by atoms with van der Waals surface area (Å²) >= 11 is 1.46. The van der Waals surface area contributed by atoms with Crippen molar-refractivity contribution in [2.24, 2.45) is 5.84 Å². The standard InChI is InChI=1S/C13H11FN4OS/c14-10-4-2-1-3-8(10)7-19-11-9-5-6-20-12(9)17-13(16-11)18-15/h1-6H,7,15H2,(H,16,17,18). The molecule has 0 spiro atoms. The number of aromatic nitrogens is 2. The van der Waals surface area contributed by atoms with E-state index in [9.17, 15) is 4.39 Å². The van der Waals surface area contributed by atoms with E-state index in [0.29, 0.717) is 11.4 Å². The minimum Gasteiger partial charge on any atom is -0.472 e. The molecule has 2 aromatic heterocycles. The van der Waals surface area contributed by atoms with Crippen LogP contribution in [-0.2, 0) is 6.61 Å². The molecule has 0 fully saturated rings. The number of hydrogen-bond donors (Lipinski definition) is 2. The van der Waals surface area contributed by atoms with Gasteiger partial charge in [-0.2, -0.15) is 4.98 Å². The van der Waals surface area contributed by atoms with E-state index in [0.717, 1.165) is 10.2 Å². The fraction of sp³-hybridized carbons (Fsp3) is 0.0769. The first-order chi connectivity index (χ1) is 9.78. The van der Waals surface area contributed by atoms with Crippen LogP contribution in [-0.4, -0.2) is 9.97 Å². The number of halogens is 1. The van der Waals surface area contributed by atoms with Gasteiger partial charge in [-0.05, 0) is 17.5 Å². The van der Waals surface area contributed by atoms with Gasteiger partial charge < -0.3 is 4.74 Å². The maximum atomic E-state index is 13.5. The molecule has 5 nitrogen and oxygen atoms in total. The summed E-state index contributed by atoms with van der Waals surface area (Å²) in [5, 5.41) is 2.67. The first kappa shape index (κ1) is 12.8. The quantitative estimate of drug-likeness (QED) is 0.571. The van der Waals surface area contributed by atoms with Crippen LogP contribution in [0.25, 0.3) is 10.2 Å². The third-order valence-corrected chi connectivity index (χ3v) is 3.55. The number of nitrogens with zero attached hydrogens (tertiary/aromatic N) is 2. The molecule has 102 valence electrons. The van der Waals surface area contributed by atoms with Crippen LogP contribution in [0.3, 0.4) is 0 Å². The Morgan fingerprint density at radius 2 is 2.10 bits per heavy atom. The molecule has 0 saturated carbocycles. The summed E-state index contributed by atoms with van der Waals surface area (Å²) in [6, 6.07) is 8.32. The minimum atomic E-state index is -0.305. The van der Waals surface area contributed by atoms with E-state index in [-0.39, 0.29) is 18.4 Å². The molecular formula is C13H11FN4OS. The van der Waals surface area contributed by atoms with E-state index in [1.54, 1.807) is 18.2 Å². The SMILES string of the molecule is NNc1nc(OCc2ccccc2F)c2ccsc2n1. The largest absolute Gasteiger partial charge is 0.472 e. The molecule has 3 aromatic rings. The van der Waals surface area contributed by atoms with Gasteiger partial charge in [-0.15, -0.1) is 11.3 Å². The van der Waals surface area contributed by atoms with Gasteiger partial charge in [0.15, 0.2) is 0 Å². The number of nitrogens with two attached hydrogens (primary N) is 1. The van der Waals surface area contributed by atoms with Gasteiger partial charge in [0.25, 0.3) is 0 Å². The van der Waals surface area contributed by atoms with Gasteiger partial charge >= 0.3 is 0 Å². The van der Waals surface area contributed by atoms with Crippen molar-refractivity contribution < 1.29 is 9.13 Å². The Morgan fingerprint density at radius 3 is 2.90 bits per heavy atom. The Hall–Kier alpha value is -2.25. The maximum Gasteiger partial charge on any atom is 0.241 e. The highest BCUT2D eigenvalue weighted by atomic mass is 32.1. The minimum absolute atomic E-state index is 0.0959. The molecule has 0 unspecified atom stereocenters. The first-order valence-electron chi connectivity index (χ1n) is 5.86. The molecule has 0 aliphatic rings. The number of hydrogen-bond acceptors (Lipinski definition) is 6. The summed E-state index contributed by atoms with van der Waals surface area (Å²) in [7, 11) is 0. The number of benzene rings is 1. The molecule has 2 heterocycles. The second-order valence-electron chi connectivity index (χ2n) is 4.02. The lowest BCUT2D eigenvalue weighted by molar-refractivity contribution is 0.292. The van der Waals surface area contributed by atoms with Gasteiger partial charge in [0.2, 0.25) is 11.8 Å². The lowest BCUT2D eigenvalue weighted by Crippen LogP contribution is -2.11. The van der Waals surface area contributed by atoms with Crippen LogP contribution in [0, 0.1) is 5.82 Å². The Balaban J connectivity index is 1.90. The molecule has 1 aromatic carbocycles. The zero-order valence-electron chi connectivity index (χ0n) is 10.3. The number of nitrogen functional groups attached to an aromatic ring is 1. The summed E-state index contributed by atoms with van der Waals surface area (Å²) in [4.78, 5) is 9.12. The molecule has 0 aliphatic heterocycles. The molecule has 0 radical (unpaired) electrons. The third kappa shape index (κ3) is 2.40. The van der Waals surface area contributed by atoms with Crippen molar-refractivity contribution in [1.82, 2.24) is 9.97 Å². The van der Waals surface area contributed by atoms with Crippen LogP contribution in [0.4, 0.5) is 10.3 Å². The van der Waals surface area contributed by atoms with E-state index < -0.39 is 0 Å². The summed E-state index contributed by atoms with van der Waals surface area (Å²) < 4.78 is 19.2. The molecule has 7 heteroatoms. The van der Waals surface area contributed by atoms with Crippen molar-refractivity contribution in [3.63, 3.8) is 0 Å². The van der Waals surface area contributed by atoms with Crippen molar-refractivity contribution in [2.45, 2.75) is 6.61 Å². The molecule has 0 bridgehead atoms. The normalized spacial score (nSPS) is 10.7. The maximum absolute atomic E-state index is 13.5. The highest BCUT2D eigenvalue weighted by Crippen LogP contribution is 2.28. The van der Waals surface area contributed by atoms with E-state index in [1.807, 2.05) is 11.4 Å². The smallest absolute Gasteiger partial charge is 0.241 e. The van der Waals surface area contributed by atoms with Gasteiger partial charge in [0.05, 0.1) is 5.39 Å². The Labute approximate surface area is 118 Å². The number of thiophene rings is 1. The average Bonchev–Trinajstić information content (AvgIpc) is 2.94. The van der Waals surface area contributed by atoms with Crippen molar-refractivity contribution in [3.8, 4) is 5.88 Å². The Morgan fingerprint density at radius 1 is 1.25 bits per heavy atom. The number of hydrazine groups is 1. The molecule has 0 amide bonds. The van der Waals surface area contributed by atoms with Gasteiger partial charge in [-0.1, -0.05) is 18.2 Å². The van der Waals surface area contributed by atoms with Gasteiger partial charge in [0, 0.05) is 5.56 Å². The van der Waals surface area contributed by atoms with Crippen LogP contribution in [0.1, 0.15) is 5.56 Å². The molecule has 3 N–H and O–H groups in total. The van der Waals surface area contributed by atoms with Crippen molar-refractivity contribution >= 4 is 27.5 Å². The third-order valence-electron chi connectivity index (χ3n) is 2.74. The fourth-order valence-corrected chi connectivity index (χ4v) is 2.52. The number of rotatable bonds is 4. The summed E-state index contributed by atoms with van der Waals surface area (Å²) in [5.74, 6) is 5.67. The topological polar surface area (TPSA) is 73.1 Å². The zero-order valence-corrected chi connectivity index (χ0v) is 11.2. The number of fused-ring (bicyclic) bond motifs is 1. The van der Waals surface area contributed by atoms with E-state index in [1.165, 1.54) is 17.4 Å². The first-order valence-corrected chi connectivity index (χ1v) is 6.74. The highest BCUT2D eigenvalue weighted by molar-refractivity contribution is 7.16. The monoisotopic (exact) mass is 290 g/mol. The summed E-state index contributed by atoms with van der Waals surface area (Å²) in [5.41, 5.74) is 2.86. The van der Waals surface area contributed by atoms with Crippen molar-refractivity contribution in [2.75, 3.05) is 5.43 Å². The predicted octanol–water partition coefficient (Wildman–Crippen LogP) is 2.70. The van der Waals surface area contributed by atoms with Gasteiger partial charge in [-0.3, -0.25) is 5.43 Å². The second-order valence-corrected chi connectivity index (χ2v) is 4.91.